The molecule has 19 heavy (non-hydrogen) atoms. The maximum absolute atomic E-state index is 12.6. The molecule has 0 fully saturated rings. The molecule has 0 aliphatic heterocycles. The normalized spacial score (nSPS) is 11.3. The highest BCUT2D eigenvalue weighted by Crippen LogP contribution is 2.24. The highest BCUT2D eigenvalue weighted by molar-refractivity contribution is 9.10. The van der Waals surface area contributed by atoms with Gasteiger partial charge in [-0.2, -0.15) is 0 Å². The highest BCUT2D eigenvalue weighted by atomic mass is 79.9. The summed E-state index contributed by atoms with van der Waals surface area (Å²) in [7, 11) is -3.50. The van der Waals surface area contributed by atoms with Gasteiger partial charge < -0.3 is 0 Å². The van der Waals surface area contributed by atoms with Crippen LogP contribution in [0.1, 0.15) is 6.92 Å². The van der Waals surface area contributed by atoms with Gasteiger partial charge in [-0.1, -0.05) is 34.1 Å². The Kier molecular flexibility index (Phi) is 4.27. The minimum atomic E-state index is -3.50. The standard InChI is InChI=1S/C14H14BrNO2S/c1-2-16(13-10-8-12(15)9-11-13)19(17,18)14-6-4-3-5-7-14/h3-11H,2H2,1H3. The van der Waals surface area contributed by atoms with Crippen LogP contribution in [0.5, 0.6) is 0 Å². The summed E-state index contributed by atoms with van der Waals surface area (Å²) in [5.41, 5.74) is 0.662. The van der Waals surface area contributed by atoms with E-state index in [4.69, 9.17) is 0 Å². The molecule has 0 aromatic heterocycles. The molecule has 3 nitrogen and oxygen atoms in total. The Hall–Kier alpha value is -1.33. The number of sulfonamides is 1. The molecule has 0 aliphatic rings. The molecule has 2 rings (SSSR count). The fourth-order valence-corrected chi connectivity index (χ4v) is 3.58. The summed E-state index contributed by atoms with van der Waals surface area (Å²) in [4.78, 5) is 0.305. The average Bonchev–Trinajstić information content (AvgIpc) is 2.42. The van der Waals surface area contributed by atoms with Crippen LogP contribution in [0.3, 0.4) is 0 Å². The first-order valence-electron chi connectivity index (χ1n) is 5.89. The second-order valence-corrected chi connectivity index (χ2v) is 6.74. The van der Waals surface area contributed by atoms with Crippen molar-refractivity contribution in [2.24, 2.45) is 0 Å². The van der Waals surface area contributed by atoms with Gasteiger partial charge in [-0.25, -0.2) is 8.42 Å². The molecule has 0 N–H and O–H groups in total. The van der Waals surface area contributed by atoms with E-state index < -0.39 is 10.0 Å². The molecule has 0 unspecified atom stereocenters. The van der Waals surface area contributed by atoms with E-state index in [1.54, 1.807) is 42.5 Å². The summed E-state index contributed by atoms with van der Waals surface area (Å²) in [6.45, 7) is 2.21. The van der Waals surface area contributed by atoms with Gasteiger partial charge in [0.2, 0.25) is 0 Å². The Morgan fingerprint density at radius 2 is 1.58 bits per heavy atom. The Morgan fingerprint density at radius 1 is 1.00 bits per heavy atom. The third kappa shape index (κ3) is 2.98. The fraction of sp³-hybridized carbons (Fsp3) is 0.143. The van der Waals surface area contributed by atoms with Crippen molar-refractivity contribution in [1.82, 2.24) is 0 Å². The van der Waals surface area contributed by atoms with Crippen molar-refractivity contribution in [3.8, 4) is 0 Å². The second-order valence-electron chi connectivity index (χ2n) is 3.96. The third-order valence-electron chi connectivity index (χ3n) is 2.73. The third-order valence-corrected chi connectivity index (χ3v) is 5.18. The summed E-state index contributed by atoms with van der Waals surface area (Å²) in [6, 6.07) is 15.7. The second kappa shape index (κ2) is 5.75. The van der Waals surface area contributed by atoms with Crippen LogP contribution in [0.25, 0.3) is 0 Å². The Morgan fingerprint density at radius 3 is 2.11 bits per heavy atom. The molecule has 100 valence electrons. The summed E-state index contributed by atoms with van der Waals surface area (Å²) < 4.78 is 27.4. The minimum absolute atomic E-state index is 0.305. The number of anilines is 1. The predicted molar refractivity (Wildman–Crippen MR) is 80.8 cm³/mol. The lowest BCUT2D eigenvalue weighted by atomic mass is 10.3. The summed E-state index contributed by atoms with van der Waals surface area (Å²) in [5, 5.41) is 0. The van der Waals surface area contributed by atoms with Gasteiger partial charge in [-0.05, 0) is 43.3 Å². The molecule has 0 saturated heterocycles. The van der Waals surface area contributed by atoms with E-state index in [9.17, 15) is 8.42 Å². The molecular formula is C14H14BrNO2S. The van der Waals surface area contributed by atoms with Crippen LogP contribution in [-0.4, -0.2) is 15.0 Å². The van der Waals surface area contributed by atoms with E-state index in [1.165, 1.54) is 4.31 Å². The Labute approximate surface area is 122 Å². The first kappa shape index (κ1) is 14.1. The first-order valence-corrected chi connectivity index (χ1v) is 8.12. The molecule has 0 amide bonds. The largest absolute Gasteiger partial charge is 0.267 e. The lowest BCUT2D eigenvalue weighted by Gasteiger charge is -2.22. The van der Waals surface area contributed by atoms with Gasteiger partial charge in [-0.3, -0.25) is 4.31 Å². The van der Waals surface area contributed by atoms with E-state index in [0.717, 1.165) is 4.47 Å². The first-order chi connectivity index (χ1) is 9.05. The van der Waals surface area contributed by atoms with Crippen LogP contribution >= 0.6 is 15.9 Å². The lowest BCUT2D eigenvalue weighted by Crippen LogP contribution is -2.30. The zero-order valence-corrected chi connectivity index (χ0v) is 12.9. The van der Waals surface area contributed by atoms with Crippen LogP contribution in [0.2, 0.25) is 0 Å². The number of rotatable bonds is 4. The molecular weight excluding hydrogens is 326 g/mol. The van der Waals surface area contributed by atoms with Crippen molar-refractivity contribution in [2.45, 2.75) is 11.8 Å². The van der Waals surface area contributed by atoms with Gasteiger partial charge in [-0.15, -0.1) is 0 Å². The minimum Gasteiger partial charge on any atom is -0.267 e. The maximum Gasteiger partial charge on any atom is 0.264 e. The number of benzene rings is 2. The van der Waals surface area contributed by atoms with Gasteiger partial charge in [0.05, 0.1) is 10.6 Å². The van der Waals surface area contributed by atoms with Crippen LogP contribution in [0, 0.1) is 0 Å². The van der Waals surface area contributed by atoms with E-state index >= 15 is 0 Å². The quantitative estimate of drug-likeness (QED) is 0.852. The van der Waals surface area contributed by atoms with E-state index in [2.05, 4.69) is 15.9 Å². The number of halogens is 1. The molecule has 5 heteroatoms. The Balaban J connectivity index is 2.45. The summed E-state index contributed by atoms with van der Waals surface area (Å²) in [5.74, 6) is 0. The SMILES string of the molecule is CCN(c1ccc(Br)cc1)S(=O)(=O)c1ccccc1. The molecule has 0 radical (unpaired) electrons. The zero-order chi connectivity index (χ0) is 13.9. The average molecular weight is 340 g/mol. The van der Waals surface area contributed by atoms with E-state index in [1.807, 2.05) is 19.1 Å². The van der Waals surface area contributed by atoms with Crippen LogP contribution in [0.15, 0.2) is 64.0 Å². The molecule has 0 atom stereocenters. The molecule has 0 spiro atoms. The van der Waals surface area contributed by atoms with Crippen LogP contribution < -0.4 is 4.31 Å². The molecule has 0 heterocycles. The van der Waals surface area contributed by atoms with Crippen molar-refractivity contribution in [1.29, 1.82) is 0 Å². The van der Waals surface area contributed by atoms with Crippen molar-refractivity contribution in [2.75, 3.05) is 10.8 Å². The predicted octanol–water partition coefficient (Wildman–Crippen LogP) is 3.66. The van der Waals surface area contributed by atoms with Gasteiger partial charge in [0.1, 0.15) is 0 Å². The topological polar surface area (TPSA) is 37.4 Å². The monoisotopic (exact) mass is 339 g/mol. The van der Waals surface area contributed by atoms with Crippen LogP contribution in [0.4, 0.5) is 5.69 Å². The smallest absolute Gasteiger partial charge is 0.264 e. The summed E-state index contributed by atoms with van der Waals surface area (Å²) >= 11 is 3.34. The zero-order valence-electron chi connectivity index (χ0n) is 10.5. The molecule has 2 aromatic carbocycles. The van der Waals surface area contributed by atoms with E-state index in [0.29, 0.717) is 17.1 Å². The molecule has 2 aromatic rings. The van der Waals surface area contributed by atoms with Gasteiger partial charge in [0.15, 0.2) is 0 Å². The molecule has 0 aliphatic carbocycles. The maximum atomic E-state index is 12.6. The summed E-state index contributed by atoms with van der Waals surface area (Å²) in [6.07, 6.45) is 0. The fourth-order valence-electron chi connectivity index (χ4n) is 1.82. The number of hydrogen-bond acceptors (Lipinski definition) is 2. The Bertz CT molecular complexity index is 639. The van der Waals surface area contributed by atoms with Gasteiger partial charge in [0.25, 0.3) is 10.0 Å². The van der Waals surface area contributed by atoms with Crippen molar-refractivity contribution >= 4 is 31.6 Å². The van der Waals surface area contributed by atoms with Gasteiger partial charge in [0, 0.05) is 11.0 Å². The van der Waals surface area contributed by atoms with Crippen molar-refractivity contribution in [3.63, 3.8) is 0 Å². The highest BCUT2D eigenvalue weighted by Gasteiger charge is 2.22. The lowest BCUT2D eigenvalue weighted by molar-refractivity contribution is 0.592. The number of nitrogens with zero attached hydrogens (tertiary/aromatic N) is 1. The van der Waals surface area contributed by atoms with Crippen molar-refractivity contribution in [3.05, 3.63) is 59.1 Å². The van der Waals surface area contributed by atoms with Gasteiger partial charge >= 0.3 is 0 Å². The molecule has 0 bridgehead atoms. The molecule has 0 saturated carbocycles. The van der Waals surface area contributed by atoms with E-state index in [-0.39, 0.29) is 0 Å². The number of hydrogen-bond donors (Lipinski definition) is 0. The van der Waals surface area contributed by atoms with Crippen molar-refractivity contribution < 1.29 is 8.42 Å². The van der Waals surface area contributed by atoms with Crippen LogP contribution in [-0.2, 0) is 10.0 Å².